The van der Waals surface area contributed by atoms with E-state index in [1.54, 1.807) is 13.0 Å². The molecule has 162 valence electrons. The zero-order valence-electron chi connectivity index (χ0n) is 17.6. The highest BCUT2D eigenvalue weighted by atomic mass is 16.5. The smallest absolute Gasteiger partial charge is 0.276 e. The topological polar surface area (TPSA) is 141 Å². The largest absolute Gasteiger partial charge is 0.484 e. The first kappa shape index (κ1) is 21.8. The van der Waals surface area contributed by atoms with E-state index in [4.69, 9.17) is 10.5 Å². The number of ether oxygens (including phenoxy) is 1. The van der Waals surface area contributed by atoms with Crippen LogP contribution in [0.3, 0.4) is 0 Å². The molecule has 4 N–H and O–H groups in total. The third kappa shape index (κ3) is 5.16. The van der Waals surface area contributed by atoms with Gasteiger partial charge in [-0.25, -0.2) is 9.50 Å². The van der Waals surface area contributed by atoms with Gasteiger partial charge in [0, 0.05) is 17.8 Å². The van der Waals surface area contributed by atoms with Crippen LogP contribution in [-0.4, -0.2) is 38.9 Å². The third-order valence-electron chi connectivity index (χ3n) is 4.78. The predicted molar refractivity (Wildman–Crippen MR) is 112 cm³/mol. The molecule has 0 radical (unpaired) electrons. The van der Waals surface area contributed by atoms with E-state index < -0.39 is 11.8 Å². The molecular weight excluding hydrogens is 400 g/mol. The lowest BCUT2D eigenvalue weighted by molar-refractivity contribution is -0.130. The molecule has 0 fully saturated rings. The number of hydrogen-bond donors (Lipinski definition) is 3. The van der Waals surface area contributed by atoms with Gasteiger partial charge in [0.25, 0.3) is 11.8 Å². The standard InChI is InChI=1S/C21H24N6O4/c1-12-5-4-6-15(9-12)31-11-19(29)26-25-18(28)8-7-16-13(2)24-21-17(20(22)30)10-23-27(21)14(16)3/h4-6,9-10H,7-8,11H2,1-3H3,(H2,22,30)(H,25,28)(H,26,29). The molecule has 0 saturated carbocycles. The summed E-state index contributed by atoms with van der Waals surface area (Å²) < 4.78 is 6.92. The highest BCUT2D eigenvalue weighted by Gasteiger charge is 2.17. The van der Waals surface area contributed by atoms with E-state index in [-0.39, 0.29) is 24.5 Å². The molecule has 0 aliphatic carbocycles. The van der Waals surface area contributed by atoms with Crippen LogP contribution < -0.4 is 21.3 Å². The fraction of sp³-hybridized carbons (Fsp3) is 0.286. The number of hydrazine groups is 1. The van der Waals surface area contributed by atoms with Crippen LogP contribution in [0.15, 0.2) is 30.5 Å². The van der Waals surface area contributed by atoms with E-state index in [0.29, 0.717) is 23.5 Å². The molecule has 0 spiro atoms. The second-order valence-electron chi connectivity index (χ2n) is 7.12. The molecule has 2 aromatic heterocycles. The van der Waals surface area contributed by atoms with Crippen molar-refractivity contribution >= 4 is 23.4 Å². The van der Waals surface area contributed by atoms with Crippen molar-refractivity contribution in [1.82, 2.24) is 25.4 Å². The summed E-state index contributed by atoms with van der Waals surface area (Å²) in [4.78, 5) is 39.9. The Kier molecular flexibility index (Phi) is 6.49. The summed E-state index contributed by atoms with van der Waals surface area (Å²) in [6.07, 6.45) is 1.88. The molecule has 31 heavy (non-hydrogen) atoms. The van der Waals surface area contributed by atoms with Crippen LogP contribution in [-0.2, 0) is 16.0 Å². The molecule has 0 unspecified atom stereocenters. The van der Waals surface area contributed by atoms with Crippen molar-refractivity contribution in [3.05, 3.63) is 58.5 Å². The van der Waals surface area contributed by atoms with Crippen molar-refractivity contribution in [2.45, 2.75) is 33.6 Å². The number of amides is 3. The van der Waals surface area contributed by atoms with Crippen LogP contribution >= 0.6 is 0 Å². The van der Waals surface area contributed by atoms with Crippen molar-refractivity contribution in [2.24, 2.45) is 5.73 Å². The lowest BCUT2D eigenvalue weighted by Crippen LogP contribution is -2.43. The summed E-state index contributed by atoms with van der Waals surface area (Å²) in [6, 6.07) is 7.32. The van der Waals surface area contributed by atoms with Crippen LogP contribution in [0, 0.1) is 20.8 Å². The van der Waals surface area contributed by atoms with Crippen LogP contribution in [0.1, 0.15) is 39.3 Å². The molecule has 0 aliphatic heterocycles. The fourth-order valence-electron chi connectivity index (χ4n) is 3.18. The maximum Gasteiger partial charge on any atom is 0.276 e. The van der Waals surface area contributed by atoms with E-state index in [2.05, 4.69) is 20.9 Å². The minimum Gasteiger partial charge on any atom is -0.484 e. The number of nitrogens with two attached hydrogens (primary N) is 1. The minimum absolute atomic E-state index is 0.123. The summed E-state index contributed by atoms with van der Waals surface area (Å²) >= 11 is 0. The third-order valence-corrected chi connectivity index (χ3v) is 4.78. The molecule has 0 saturated heterocycles. The Morgan fingerprint density at radius 1 is 1.13 bits per heavy atom. The Bertz CT molecular complexity index is 1150. The number of hydrogen-bond acceptors (Lipinski definition) is 6. The van der Waals surface area contributed by atoms with Crippen molar-refractivity contribution in [1.29, 1.82) is 0 Å². The van der Waals surface area contributed by atoms with Gasteiger partial charge in [0.15, 0.2) is 12.3 Å². The van der Waals surface area contributed by atoms with Crippen molar-refractivity contribution in [3.8, 4) is 5.75 Å². The number of aromatic nitrogens is 3. The van der Waals surface area contributed by atoms with Gasteiger partial charge in [0.2, 0.25) is 5.91 Å². The van der Waals surface area contributed by atoms with Gasteiger partial charge in [-0.3, -0.25) is 25.2 Å². The van der Waals surface area contributed by atoms with Gasteiger partial charge in [0.05, 0.1) is 6.20 Å². The molecule has 1 aromatic carbocycles. The lowest BCUT2D eigenvalue weighted by atomic mass is 10.1. The second kappa shape index (κ2) is 9.24. The lowest BCUT2D eigenvalue weighted by Gasteiger charge is -2.12. The number of benzene rings is 1. The number of fused-ring (bicyclic) bond motifs is 1. The SMILES string of the molecule is Cc1cccc(OCC(=O)NNC(=O)CCc2c(C)nc3c(C(N)=O)cnn3c2C)c1. The number of primary amides is 1. The Hall–Kier alpha value is -3.95. The summed E-state index contributed by atoms with van der Waals surface area (Å²) in [5.41, 5.74) is 14.0. The van der Waals surface area contributed by atoms with Crippen LogP contribution in [0.2, 0.25) is 0 Å². The first-order valence-electron chi connectivity index (χ1n) is 9.67. The number of rotatable bonds is 7. The molecule has 10 nitrogen and oxygen atoms in total. The number of carbonyl (C=O) groups excluding carboxylic acids is 3. The molecular formula is C21H24N6O4. The summed E-state index contributed by atoms with van der Waals surface area (Å²) in [5, 5.41) is 4.16. The highest BCUT2D eigenvalue weighted by molar-refractivity contribution is 5.98. The first-order valence-corrected chi connectivity index (χ1v) is 9.67. The van der Waals surface area contributed by atoms with Crippen molar-refractivity contribution in [2.75, 3.05) is 6.61 Å². The molecule has 0 aliphatic rings. The quantitative estimate of drug-likeness (QED) is 0.482. The molecule has 3 rings (SSSR count). The van der Waals surface area contributed by atoms with Gasteiger partial charge in [-0.2, -0.15) is 5.10 Å². The number of nitrogens with one attached hydrogen (secondary N) is 2. The highest BCUT2D eigenvalue weighted by Crippen LogP contribution is 2.18. The number of nitrogens with zero attached hydrogens (tertiary/aromatic N) is 3. The Morgan fingerprint density at radius 2 is 1.87 bits per heavy atom. The average molecular weight is 424 g/mol. The van der Waals surface area contributed by atoms with Crippen LogP contribution in [0.4, 0.5) is 0 Å². The maximum absolute atomic E-state index is 12.1. The fourth-order valence-corrected chi connectivity index (χ4v) is 3.18. The van der Waals surface area contributed by atoms with Crippen molar-refractivity contribution < 1.29 is 19.1 Å². The van der Waals surface area contributed by atoms with E-state index in [0.717, 1.165) is 16.8 Å². The number of aryl methyl sites for hydroxylation is 3. The summed E-state index contributed by atoms with van der Waals surface area (Å²) in [5.74, 6) is -0.856. The normalized spacial score (nSPS) is 10.7. The number of carbonyl (C=O) groups is 3. The first-order chi connectivity index (χ1) is 14.8. The van der Waals surface area contributed by atoms with Gasteiger partial charge in [-0.1, -0.05) is 12.1 Å². The van der Waals surface area contributed by atoms with E-state index >= 15 is 0 Å². The van der Waals surface area contributed by atoms with E-state index in [1.807, 2.05) is 32.0 Å². The summed E-state index contributed by atoms with van der Waals surface area (Å²) in [7, 11) is 0. The molecule has 2 heterocycles. The van der Waals surface area contributed by atoms with E-state index in [1.165, 1.54) is 10.7 Å². The Balaban J connectivity index is 1.53. The zero-order chi connectivity index (χ0) is 22.5. The molecule has 3 amide bonds. The van der Waals surface area contributed by atoms with Gasteiger partial charge in [-0.05, 0) is 50.5 Å². The van der Waals surface area contributed by atoms with Gasteiger partial charge in [-0.15, -0.1) is 0 Å². The maximum atomic E-state index is 12.1. The van der Waals surface area contributed by atoms with Crippen LogP contribution in [0.25, 0.3) is 5.65 Å². The van der Waals surface area contributed by atoms with Crippen molar-refractivity contribution in [3.63, 3.8) is 0 Å². The monoisotopic (exact) mass is 424 g/mol. The molecule has 10 heteroatoms. The zero-order valence-corrected chi connectivity index (χ0v) is 17.6. The van der Waals surface area contributed by atoms with Crippen LogP contribution in [0.5, 0.6) is 5.75 Å². The molecule has 3 aromatic rings. The van der Waals surface area contributed by atoms with Gasteiger partial charge < -0.3 is 10.5 Å². The average Bonchev–Trinajstić information content (AvgIpc) is 3.14. The Morgan fingerprint density at radius 3 is 2.58 bits per heavy atom. The van der Waals surface area contributed by atoms with Gasteiger partial charge in [0.1, 0.15) is 11.3 Å². The molecule has 0 bridgehead atoms. The minimum atomic E-state index is -0.601. The second-order valence-corrected chi connectivity index (χ2v) is 7.12. The predicted octanol–water partition coefficient (Wildman–Crippen LogP) is 0.912. The van der Waals surface area contributed by atoms with Gasteiger partial charge >= 0.3 is 0 Å². The van der Waals surface area contributed by atoms with E-state index in [9.17, 15) is 14.4 Å². The summed E-state index contributed by atoms with van der Waals surface area (Å²) in [6.45, 7) is 5.33. The Labute approximate surface area is 178 Å². The molecule has 0 atom stereocenters.